The van der Waals surface area contributed by atoms with Crippen molar-refractivity contribution in [2.75, 3.05) is 26.9 Å². The molecule has 0 N–H and O–H groups in total. The van der Waals surface area contributed by atoms with E-state index in [0.717, 1.165) is 35.6 Å². The van der Waals surface area contributed by atoms with Gasteiger partial charge in [0.1, 0.15) is 0 Å². The van der Waals surface area contributed by atoms with E-state index in [2.05, 4.69) is 15.9 Å². The highest BCUT2D eigenvalue weighted by atomic mass is 79.9. The summed E-state index contributed by atoms with van der Waals surface area (Å²) in [6, 6.07) is 5.70. The predicted molar refractivity (Wildman–Crippen MR) is 71.1 cm³/mol. The van der Waals surface area contributed by atoms with E-state index in [4.69, 9.17) is 18.9 Å². The van der Waals surface area contributed by atoms with Gasteiger partial charge in [0.15, 0.2) is 17.8 Å². The average Bonchev–Trinajstić information content (AvgIpc) is 2.41. The quantitative estimate of drug-likeness (QED) is 0.837. The summed E-state index contributed by atoms with van der Waals surface area (Å²) in [5, 5.41) is 0. The maximum absolute atomic E-state index is 5.73. The van der Waals surface area contributed by atoms with Gasteiger partial charge in [-0.25, -0.2) is 0 Å². The fraction of sp³-hybridized carbons (Fsp3) is 0.538. The topological polar surface area (TPSA) is 36.9 Å². The molecule has 1 aliphatic heterocycles. The van der Waals surface area contributed by atoms with Gasteiger partial charge in [0.05, 0.1) is 31.4 Å². The highest BCUT2D eigenvalue weighted by Crippen LogP contribution is 2.34. The van der Waals surface area contributed by atoms with E-state index in [1.807, 2.05) is 18.2 Å². The Morgan fingerprint density at radius 2 is 2.11 bits per heavy atom. The van der Waals surface area contributed by atoms with E-state index in [0.29, 0.717) is 13.0 Å². The lowest BCUT2D eigenvalue weighted by atomic mass is 10.3. The normalized spacial score (nSPS) is 16.6. The second-order valence-corrected chi connectivity index (χ2v) is 4.79. The lowest BCUT2D eigenvalue weighted by molar-refractivity contribution is -0.183. The molecule has 5 heteroatoms. The first kappa shape index (κ1) is 13.6. The Morgan fingerprint density at radius 1 is 1.33 bits per heavy atom. The molecule has 1 heterocycles. The number of rotatable bonds is 5. The zero-order chi connectivity index (χ0) is 12.8. The van der Waals surface area contributed by atoms with Gasteiger partial charge in [-0.05, 0) is 34.5 Å². The maximum atomic E-state index is 5.73. The summed E-state index contributed by atoms with van der Waals surface area (Å²) in [5.41, 5.74) is 0. The van der Waals surface area contributed by atoms with Crippen molar-refractivity contribution in [3.8, 4) is 11.5 Å². The van der Waals surface area contributed by atoms with Crippen LogP contribution in [-0.4, -0.2) is 33.2 Å². The van der Waals surface area contributed by atoms with Crippen molar-refractivity contribution in [3.05, 3.63) is 22.7 Å². The zero-order valence-electron chi connectivity index (χ0n) is 10.4. The molecule has 0 aliphatic carbocycles. The Hall–Kier alpha value is -0.780. The lowest BCUT2D eigenvalue weighted by Crippen LogP contribution is -2.26. The summed E-state index contributed by atoms with van der Waals surface area (Å²) >= 11 is 3.45. The van der Waals surface area contributed by atoms with Crippen LogP contribution in [0.3, 0.4) is 0 Å². The molecule has 0 radical (unpaired) electrons. The third-order valence-corrected chi connectivity index (χ3v) is 3.27. The second kappa shape index (κ2) is 6.97. The van der Waals surface area contributed by atoms with E-state index < -0.39 is 0 Å². The minimum Gasteiger partial charge on any atom is -0.493 e. The largest absolute Gasteiger partial charge is 0.493 e. The Kier molecular flexibility index (Phi) is 5.28. The number of hydrogen-bond donors (Lipinski definition) is 0. The van der Waals surface area contributed by atoms with Crippen LogP contribution < -0.4 is 9.47 Å². The van der Waals surface area contributed by atoms with Crippen molar-refractivity contribution < 1.29 is 18.9 Å². The van der Waals surface area contributed by atoms with Crippen LogP contribution in [0, 0.1) is 0 Å². The monoisotopic (exact) mass is 316 g/mol. The molecule has 0 atom stereocenters. The lowest BCUT2D eigenvalue weighted by Gasteiger charge is -2.23. The molecule has 1 aliphatic rings. The molecule has 0 spiro atoms. The molecule has 2 rings (SSSR count). The highest BCUT2D eigenvalue weighted by molar-refractivity contribution is 9.10. The zero-order valence-corrected chi connectivity index (χ0v) is 11.9. The molecule has 0 saturated carbocycles. The number of halogens is 1. The average molecular weight is 317 g/mol. The summed E-state index contributed by atoms with van der Waals surface area (Å²) in [4.78, 5) is 0. The van der Waals surface area contributed by atoms with Gasteiger partial charge in [-0.1, -0.05) is 6.07 Å². The van der Waals surface area contributed by atoms with Gasteiger partial charge < -0.3 is 18.9 Å². The molecule has 0 unspecified atom stereocenters. The van der Waals surface area contributed by atoms with Gasteiger partial charge in [-0.15, -0.1) is 0 Å². The Morgan fingerprint density at radius 3 is 2.83 bits per heavy atom. The molecule has 18 heavy (non-hydrogen) atoms. The van der Waals surface area contributed by atoms with Gasteiger partial charge >= 0.3 is 0 Å². The van der Waals surface area contributed by atoms with Crippen LogP contribution in [0.25, 0.3) is 0 Å². The maximum Gasteiger partial charge on any atom is 0.175 e. The Labute approximate surface area is 115 Å². The summed E-state index contributed by atoms with van der Waals surface area (Å²) in [6.07, 6.45) is 1.53. The second-order valence-electron chi connectivity index (χ2n) is 3.93. The van der Waals surface area contributed by atoms with Crippen LogP contribution in [0.1, 0.15) is 12.8 Å². The van der Waals surface area contributed by atoms with Crippen molar-refractivity contribution >= 4 is 15.9 Å². The summed E-state index contributed by atoms with van der Waals surface area (Å²) < 4.78 is 22.8. The standard InChI is InChI=1S/C13H17BrO4/c1-15-11-5-2-4-10(14)13(11)18-9-6-12-16-7-3-8-17-12/h2,4-5,12H,3,6-9H2,1H3. The van der Waals surface area contributed by atoms with E-state index in [1.54, 1.807) is 7.11 Å². The molecule has 1 aromatic rings. The van der Waals surface area contributed by atoms with Gasteiger partial charge in [0.2, 0.25) is 0 Å². The number of benzene rings is 1. The molecule has 0 aromatic heterocycles. The number of ether oxygens (including phenoxy) is 4. The molecule has 1 aromatic carbocycles. The van der Waals surface area contributed by atoms with Crippen molar-refractivity contribution in [2.45, 2.75) is 19.1 Å². The third-order valence-electron chi connectivity index (χ3n) is 2.65. The Bertz CT molecular complexity index is 377. The first-order chi connectivity index (χ1) is 8.81. The van der Waals surface area contributed by atoms with Crippen molar-refractivity contribution in [1.29, 1.82) is 0 Å². The van der Waals surface area contributed by atoms with Crippen molar-refractivity contribution in [3.63, 3.8) is 0 Å². The minimum absolute atomic E-state index is 0.146. The summed E-state index contributed by atoms with van der Waals surface area (Å²) in [5.74, 6) is 1.44. The predicted octanol–water partition coefficient (Wildman–Crippen LogP) is 2.99. The summed E-state index contributed by atoms with van der Waals surface area (Å²) in [7, 11) is 1.63. The van der Waals surface area contributed by atoms with Gasteiger partial charge in [-0.3, -0.25) is 0 Å². The fourth-order valence-corrected chi connectivity index (χ4v) is 2.21. The van der Waals surface area contributed by atoms with Gasteiger partial charge in [-0.2, -0.15) is 0 Å². The van der Waals surface area contributed by atoms with E-state index in [-0.39, 0.29) is 6.29 Å². The molecule has 0 amide bonds. The molecule has 4 nitrogen and oxygen atoms in total. The number of para-hydroxylation sites is 1. The van der Waals surface area contributed by atoms with Crippen molar-refractivity contribution in [2.24, 2.45) is 0 Å². The first-order valence-corrected chi connectivity index (χ1v) is 6.79. The van der Waals surface area contributed by atoms with Gasteiger partial charge in [0.25, 0.3) is 0 Å². The van der Waals surface area contributed by atoms with Crippen LogP contribution >= 0.6 is 15.9 Å². The molecule has 1 fully saturated rings. The van der Waals surface area contributed by atoms with E-state index >= 15 is 0 Å². The fourth-order valence-electron chi connectivity index (χ4n) is 1.75. The van der Waals surface area contributed by atoms with E-state index in [9.17, 15) is 0 Å². The van der Waals surface area contributed by atoms with E-state index in [1.165, 1.54) is 0 Å². The molecular weight excluding hydrogens is 300 g/mol. The van der Waals surface area contributed by atoms with Crippen LogP contribution in [0.15, 0.2) is 22.7 Å². The minimum atomic E-state index is -0.146. The number of hydrogen-bond acceptors (Lipinski definition) is 4. The van der Waals surface area contributed by atoms with Crippen LogP contribution in [0.5, 0.6) is 11.5 Å². The molecule has 1 saturated heterocycles. The highest BCUT2D eigenvalue weighted by Gasteiger charge is 2.15. The van der Waals surface area contributed by atoms with Crippen LogP contribution in [0.2, 0.25) is 0 Å². The molecular formula is C13H17BrO4. The third kappa shape index (κ3) is 3.60. The van der Waals surface area contributed by atoms with Crippen LogP contribution in [-0.2, 0) is 9.47 Å². The molecule has 0 bridgehead atoms. The number of methoxy groups -OCH3 is 1. The smallest absolute Gasteiger partial charge is 0.175 e. The summed E-state index contributed by atoms with van der Waals surface area (Å²) in [6.45, 7) is 2.07. The van der Waals surface area contributed by atoms with Crippen molar-refractivity contribution in [1.82, 2.24) is 0 Å². The molecule has 100 valence electrons. The van der Waals surface area contributed by atoms with Gasteiger partial charge in [0, 0.05) is 6.42 Å². The first-order valence-electron chi connectivity index (χ1n) is 6.00. The Balaban J connectivity index is 1.85. The van der Waals surface area contributed by atoms with Crippen LogP contribution in [0.4, 0.5) is 0 Å². The SMILES string of the molecule is COc1cccc(Br)c1OCCC1OCCCO1.